The van der Waals surface area contributed by atoms with Crippen LogP contribution in [0.2, 0.25) is 0 Å². The normalized spacial score (nSPS) is 21.9. The molecule has 11 heteroatoms. The Morgan fingerprint density at radius 1 is 1.24 bits per heavy atom. The van der Waals surface area contributed by atoms with E-state index in [1.54, 1.807) is 7.11 Å². The first-order chi connectivity index (χ1) is 17.8. The predicted molar refractivity (Wildman–Crippen MR) is 136 cm³/mol. The molecule has 2 unspecified atom stereocenters. The van der Waals surface area contributed by atoms with Crippen LogP contribution in [0.5, 0.6) is 0 Å². The molecule has 38 heavy (non-hydrogen) atoms. The number of carbonyl (C=O) groups excluding carboxylic acids is 1. The average Bonchev–Trinajstić information content (AvgIpc) is 3.51. The van der Waals surface area contributed by atoms with E-state index < -0.39 is 12.1 Å². The maximum Gasteiger partial charge on any atom is 0.490 e. The molecule has 1 N–H and O–H groups in total. The topological polar surface area (TPSA) is 87.9 Å². The van der Waals surface area contributed by atoms with E-state index >= 15 is 0 Å². The van der Waals surface area contributed by atoms with Gasteiger partial charge in [-0.2, -0.15) is 13.2 Å². The van der Waals surface area contributed by atoms with Gasteiger partial charge in [0, 0.05) is 58.0 Å². The second-order valence-corrected chi connectivity index (χ2v) is 10.6. The first kappa shape index (κ1) is 29.6. The van der Waals surface area contributed by atoms with Crippen molar-refractivity contribution >= 4 is 11.9 Å². The second kappa shape index (κ2) is 11.9. The van der Waals surface area contributed by atoms with Gasteiger partial charge in [0.1, 0.15) is 0 Å². The van der Waals surface area contributed by atoms with Gasteiger partial charge in [-0.15, -0.1) is 0 Å². The number of hydrogen-bond acceptors (Lipinski definition) is 5. The summed E-state index contributed by atoms with van der Waals surface area (Å²) in [5, 5.41) is 7.12. The Hall–Kier alpha value is -2.92. The van der Waals surface area contributed by atoms with Crippen LogP contribution in [-0.4, -0.2) is 82.4 Å². The number of carboxylic acids is 1. The monoisotopic (exact) mass is 538 g/mol. The zero-order valence-electron chi connectivity index (χ0n) is 22.6. The molecule has 1 aromatic carbocycles. The number of alkyl halides is 3. The largest absolute Gasteiger partial charge is 0.490 e. The molecule has 2 saturated heterocycles. The summed E-state index contributed by atoms with van der Waals surface area (Å²) in [6, 6.07) is 7.11. The van der Waals surface area contributed by atoms with E-state index in [4.69, 9.17) is 19.6 Å². The zero-order valence-corrected chi connectivity index (χ0v) is 22.6. The Morgan fingerprint density at radius 3 is 2.39 bits per heavy atom. The van der Waals surface area contributed by atoms with Gasteiger partial charge in [-0.25, -0.2) is 9.78 Å². The molecular formula is C27H37F3N4O4. The van der Waals surface area contributed by atoms with Crippen LogP contribution < -0.4 is 0 Å². The summed E-state index contributed by atoms with van der Waals surface area (Å²) in [6.45, 7) is 13.2. The second-order valence-electron chi connectivity index (χ2n) is 10.6. The van der Waals surface area contributed by atoms with Gasteiger partial charge < -0.3 is 19.3 Å². The molecule has 8 nitrogen and oxygen atoms in total. The van der Waals surface area contributed by atoms with Crippen LogP contribution in [0, 0.1) is 19.3 Å². The van der Waals surface area contributed by atoms with Crippen LogP contribution in [0.3, 0.4) is 0 Å². The predicted octanol–water partition coefficient (Wildman–Crippen LogP) is 4.18. The quantitative estimate of drug-likeness (QED) is 0.569. The van der Waals surface area contributed by atoms with E-state index in [2.05, 4.69) is 61.6 Å². The Kier molecular flexibility index (Phi) is 9.25. The summed E-state index contributed by atoms with van der Waals surface area (Å²) in [6.07, 6.45) is -0.122. The maximum absolute atomic E-state index is 13.7. The number of ether oxygens (including phenoxy) is 1. The van der Waals surface area contributed by atoms with E-state index in [-0.39, 0.29) is 17.2 Å². The van der Waals surface area contributed by atoms with Gasteiger partial charge in [-0.05, 0) is 39.7 Å². The minimum Gasteiger partial charge on any atom is -0.475 e. The van der Waals surface area contributed by atoms with Crippen molar-refractivity contribution in [2.75, 3.05) is 39.9 Å². The third-order valence-electron chi connectivity index (χ3n) is 7.22. The molecular weight excluding hydrogens is 501 g/mol. The van der Waals surface area contributed by atoms with E-state index in [0.717, 1.165) is 38.3 Å². The van der Waals surface area contributed by atoms with Crippen LogP contribution >= 0.6 is 0 Å². The summed E-state index contributed by atoms with van der Waals surface area (Å²) in [4.78, 5) is 31.8. The summed E-state index contributed by atoms with van der Waals surface area (Å²) < 4.78 is 39.1. The first-order valence-electron chi connectivity index (χ1n) is 12.7. The molecule has 0 bridgehead atoms. The summed E-state index contributed by atoms with van der Waals surface area (Å²) in [5.41, 5.74) is 4.57. The van der Waals surface area contributed by atoms with E-state index in [0.29, 0.717) is 19.2 Å². The average molecular weight is 539 g/mol. The highest BCUT2D eigenvalue weighted by Crippen LogP contribution is 2.50. The van der Waals surface area contributed by atoms with Gasteiger partial charge >= 0.3 is 12.1 Å². The molecule has 1 spiro atoms. The maximum atomic E-state index is 13.7. The molecule has 0 saturated carbocycles. The lowest BCUT2D eigenvalue weighted by molar-refractivity contribution is -0.192. The highest BCUT2D eigenvalue weighted by Gasteiger charge is 2.57. The van der Waals surface area contributed by atoms with E-state index in [9.17, 15) is 18.0 Å². The van der Waals surface area contributed by atoms with E-state index in [1.807, 2.05) is 11.2 Å². The number of carbonyl (C=O) groups is 2. The Bertz CT molecular complexity index is 1110. The standard InChI is InChI=1S/C25H36N4O2.C2HF3O2/c1-18(2)29-15-23(26-17-29)22-14-27(13-21-11-19(3)10-20(4)12-21)16-25(22)6-7-28(24(25)30)8-9-31-5;3-2(4,5)1(6)7/h10-12,15,17-18,22H,6-9,13-14,16H2,1-5H3;(H,6,7). The minimum absolute atomic E-state index is 0.124. The van der Waals surface area contributed by atoms with E-state index in [1.165, 1.54) is 16.7 Å². The number of benzene rings is 1. The number of aryl methyl sites for hydroxylation is 2. The number of amides is 1. The van der Waals surface area contributed by atoms with Crippen LogP contribution in [-0.2, 0) is 20.9 Å². The van der Waals surface area contributed by atoms with Gasteiger partial charge in [0.25, 0.3) is 0 Å². The number of hydrogen-bond donors (Lipinski definition) is 1. The lowest BCUT2D eigenvalue weighted by atomic mass is 9.75. The number of imidazole rings is 1. The fourth-order valence-electron chi connectivity index (χ4n) is 5.48. The number of aliphatic carboxylic acids is 1. The van der Waals surface area contributed by atoms with Crippen molar-refractivity contribution in [2.45, 2.75) is 58.8 Å². The highest BCUT2D eigenvalue weighted by molar-refractivity contribution is 5.86. The van der Waals surface area contributed by atoms with Gasteiger partial charge in [0.15, 0.2) is 0 Å². The van der Waals surface area contributed by atoms with Crippen LogP contribution in [0.1, 0.15) is 54.6 Å². The van der Waals surface area contributed by atoms with Crippen LogP contribution in [0.15, 0.2) is 30.7 Å². The van der Waals surface area contributed by atoms with Crippen molar-refractivity contribution in [3.8, 4) is 0 Å². The molecule has 3 heterocycles. The molecule has 1 aromatic heterocycles. The fourth-order valence-corrected chi connectivity index (χ4v) is 5.48. The van der Waals surface area contributed by atoms with Crippen molar-refractivity contribution in [1.82, 2.24) is 19.4 Å². The van der Waals surface area contributed by atoms with Crippen molar-refractivity contribution in [3.05, 3.63) is 53.1 Å². The summed E-state index contributed by atoms with van der Waals surface area (Å²) >= 11 is 0. The SMILES string of the molecule is COCCN1CCC2(CN(Cc3cc(C)cc(C)c3)CC2c2cn(C(C)C)cn2)C1=O.O=C(O)C(F)(F)F. The molecule has 210 valence electrons. The molecule has 2 atom stereocenters. The molecule has 0 radical (unpaired) electrons. The summed E-state index contributed by atoms with van der Waals surface area (Å²) in [7, 11) is 1.69. The molecule has 2 fully saturated rings. The van der Waals surface area contributed by atoms with Crippen LogP contribution in [0.4, 0.5) is 13.2 Å². The molecule has 1 amide bonds. The lowest BCUT2D eigenvalue weighted by Crippen LogP contribution is -2.40. The molecule has 4 rings (SSSR count). The number of methoxy groups -OCH3 is 1. The minimum atomic E-state index is -5.08. The molecule has 2 aromatic rings. The van der Waals surface area contributed by atoms with Crippen molar-refractivity contribution in [1.29, 1.82) is 0 Å². The Balaban J connectivity index is 0.000000505. The van der Waals surface area contributed by atoms with Gasteiger partial charge in [-0.1, -0.05) is 29.3 Å². The third kappa shape index (κ3) is 6.74. The molecule has 0 aliphatic carbocycles. The number of nitrogens with zero attached hydrogens (tertiary/aromatic N) is 4. The number of likely N-dealkylation sites (tertiary alicyclic amines) is 2. The van der Waals surface area contributed by atoms with Gasteiger partial charge in [0.2, 0.25) is 5.91 Å². The number of aromatic nitrogens is 2. The number of rotatable bonds is 7. The smallest absolute Gasteiger partial charge is 0.475 e. The highest BCUT2D eigenvalue weighted by atomic mass is 19.4. The molecule has 2 aliphatic rings. The lowest BCUT2D eigenvalue weighted by Gasteiger charge is -2.28. The third-order valence-corrected chi connectivity index (χ3v) is 7.22. The Morgan fingerprint density at radius 2 is 1.87 bits per heavy atom. The van der Waals surface area contributed by atoms with Crippen molar-refractivity contribution in [2.24, 2.45) is 5.41 Å². The fraction of sp³-hybridized carbons (Fsp3) is 0.593. The first-order valence-corrected chi connectivity index (χ1v) is 12.7. The number of halogens is 3. The Labute approximate surface area is 221 Å². The zero-order chi connectivity index (χ0) is 28.3. The molecule has 2 aliphatic heterocycles. The van der Waals surface area contributed by atoms with Crippen molar-refractivity contribution < 1.29 is 32.6 Å². The number of carboxylic acid groups (broad SMARTS) is 1. The van der Waals surface area contributed by atoms with Gasteiger partial charge in [0.05, 0.1) is 24.0 Å². The van der Waals surface area contributed by atoms with Crippen LogP contribution in [0.25, 0.3) is 0 Å². The van der Waals surface area contributed by atoms with Crippen molar-refractivity contribution in [3.63, 3.8) is 0 Å². The summed E-state index contributed by atoms with van der Waals surface area (Å²) in [5.74, 6) is -2.36. The van der Waals surface area contributed by atoms with Gasteiger partial charge in [-0.3, -0.25) is 9.69 Å².